The van der Waals surface area contributed by atoms with E-state index in [9.17, 15) is 0 Å². The summed E-state index contributed by atoms with van der Waals surface area (Å²) in [7, 11) is 0. The Kier molecular flexibility index (Phi) is 5.64. The number of rotatable bonds is 5. The predicted octanol–water partition coefficient (Wildman–Crippen LogP) is 1.93. The largest absolute Gasteiger partial charge is 0.377 e. The molecule has 2 radical (unpaired) electrons. The van der Waals surface area contributed by atoms with Gasteiger partial charge in [0, 0.05) is 0 Å². The van der Waals surface area contributed by atoms with Gasteiger partial charge in [-0.3, -0.25) is 0 Å². The summed E-state index contributed by atoms with van der Waals surface area (Å²) in [6, 6.07) is 0. The van der Waals surface area contributed by atoms with Gasteiger partial charge in [-0.2, -0.15) is 0 Å². The second-order valence-electron chi connectivity index (χ2n) is 1.99. The molecule has 9 heavy (non-hydrogen) atoms. The second kappa shape index (κ2) is 5.83. The van der Waals surface area contributed by atoms with Crippen LogP contribution in [0.15, 0.2) is 12.7 Å². The molecule has 0 heterocycles. The van der Waals surface area contributed by atoms with Crippen LogP contribution in [0.5, 0.6) is 0 Å². The third-order valence-corrected chi connectivity index (χ3v) is 1.09. The average molecular weight is 126 g/mol. The van der Waals surface area contributed by atoms with Gasteiger partial charge in [0.05, 0.1) is 13.2 Å². The SMILES string of the molecule is [CH]C(CC)COCC=C. The summed E-state index contributed by atoms with van der Waals surface area (Å²) < 4.78 is 5.09. The molecule has 0 aromatic carbocycles. The molecule has 0 rings (SSSR count). The average Bonchev–Trinajstić information content (AvgIpc) is 1.89. The maximum absolute atomic E-state index is 5.55. The van der Waals surface area contributed by atoms with Crippen molar-refractivity contribution in [3.63, 3.8) is 0 Å². The fourth-order valence-corrected chi connectivity index (χ4v) is 0.421. The Morgan fingerprint density at radius 1 is 1.78 bits per heavy atom. The molecule has 0 amide bonds. The van der Waals surface area contributed by atoms with Crippen molar-refractivity contribution >= 4 is 0 Å². The lowest BCUT2D eigenvalue weighted by Gasteiger charge is -2.05. The monoisotopic (exact) mass is 126 g/mol. The predicted molar refractivity (Wildman–Crippen MR) is 39.1 cm³/mol. The van der Waals surface area contributed by atoms with Gasteiger partial charge in [0.25, 0.3) is 0 Å². The lowest BCUT2D eigenvalue weighted by Crippen LogP contribution is -2.04. The van der Waals surface area contributed by atoms with Crippen molar-refractivity contribution in [1.29, 1.82) is 0 Å². The molecule has 0 bridgehead atoms. The molecule has 0 fully saturated rings. The minimum Gasteiger partial charge on any atom is -0.377 e. The van der Waals surface area contributed by atoms with E-state index in [1.165, 1.54) is 0 Å². The molecule has 1 unspecified atom stereocenters. The van der Waals surface area contributed by atoms with E-state index in [1.807, 2.05) is 6.92 Å². The first-order valence-electron chi connectivity index (χ1n) is 3.25. The lowest BCUT2D eigenvalue weighted by atomic mass is 10.1. The molecule has 0 aliphatic heterocycles. The van der Waals surface area contributed by atoms with Crippen LogP contribution in [-0.4, -0.2) is 13.2 Å². The first-order valence-corrected chi connectivity index (χ1v) is 3.25. The number of ether oxygens (including phenoxy) is 1. The van der Waals surface area contributed by atoms with Crippen LogP contribution in [0.4, 0.5) is 0 Å². The first kappa shape index (κ1) is 8.70. The Bertz CT molecular complexity index is 69.0. The van der Waals surface area contributed by atoms with E-state index >= 15 is 0 Å². The van der Waals surface area contributed by atoms with E-state index in [0.717, 1.165) is 6.42 Å². The maximum atomic E-state index is 5.55. The molecule has 0 aliphatic rings. The van der Waals surface area contributed by atoms with Crippen LogP contribution in [0.2, 0.25) is 0 Å². The smallest absolute Gasteiger partial charge is 0.0644 e. The molecular formula is C8H14O. The van der Waals surface area contributed by atoms with Crippen LogP contribution in [0.25, 0.3) is 0 Å². The van der Waals surface area contributed by atoms with E-state index in [4.69, 9.17) is 11.7 Å². The van der Waals surface area contributed by atoms with Gasteiger partial charge in [-0.15, -0.1) is 6.58 Å². The van der Waals surface area contributed by atoms with Gasteiger partial charge in [0.15, 0.2) is 0 Å². The van der Waals surface area contributed by atoms with Crippen LogP contribution >= 0.6 is 0 Å². The van der Waals surface area contributed by atoms with Crippen molar-refractivity contribution in [3.05, 3.63) is 19.6 Å². The van der Waals surface area contributed by atoms with Gasteiger partial charge >= 0.3 is 0 Å². The molecule has 0 saturated carbocycles. The molecular weight excluding hydrogens is 112 g/mol. The molecule has 0 aromatic rings. The zero-order valence-corrected chi connectivity index (χ0v) is 5.97. The lowest BCUT2D eigenvalue weighted by molar-refractivity contribution is 0.136. The zero-order valence-electron chi connectivity index (χ0n) is 5.97. The molecule has 0 spiro atoms. The highest BCUT2D eigenvalue weighted by molar-refractivity contribution is 4.65. The van der Waals surface area contributed by atoms with Crippen LogP contribution in [0.3, 0.4) is 0 Å². The minimum atomic E-state index is 0.185. The summed E-state index contributed by atoms with van der Waals surface area (Å²) in [5.41, 5.74) is 0. The number of hydrogen-bond acceptors (Lipinski definition) is 1. The normalized spacial score (nSPS) is 13.1. The maximum Gasteiger partial charge on any atom is 0.0644 e. The highest BCUT2D eigenvalue weighted by atomic mass is 16.5. The fraction of sp³-hybridized carbons (Fsp3) is 0.625. The van der Waals surface area contributed by atoms with Gasteiger partial charge in [0.2, 0.25) is 0 Å². The molecule has 0 aromatic heterocycles. The Labute approximate surface area is 57.7 Å². The van der Waals surface area contributed by atoms with Gasteiger partial charge < -0.3 is 4.74 Å². The summed E-state index contributed by atoms with van der Waals surface area (Å²) in [6.07, 6.45) is 2.69. The fourth-order valence-electron chi connectivity index (χ4n) is 0.421. The van der Waals surface area contributed by atoms with Crippen molar-refractivity contribution in [2.75, 3.05) is 13.2 Å². The second-order valence-corrected chi connectivity index (χ2v) is 1.99. The first-order chi connectivity index (χ1) is 4.31. The molecule has 1 nitrogen and oxygen atoms in total. The van der Waals surface area contributed by atoms with Gasteiger partial charge in [0.1, 0.15) is 0 Å². The Balaban J connectivity index is 2.96. The van der Waals surface area contributed by atoms with E-state index in [0.29, 0.717) is 13.2 Å². The summed E-state index contributed by atoms with van der Waals surface area (Å²) in [5.74, 6) is 0.185. The van der Waals surface area contributed by atoms with Crippen molar-refractivity contribution in [2.24, 2.45) is 5.92 Å². The van der Waals surface area contributed by atoms with Crippen LogP contribution in [0.1, 0.15) is 13.3 Å². The van der Waals surface area contributed by atoms with Crippen LogP contribution in [-0.2, 0) is 4.74 Å². The molecule has 0 aliphatic carbocycles. The van der Waals surface area contributed by atoms with Crippen LogP contribution < -0.4 is 0 Å². The van der Waals surface area contributed by atoms with E-state index in [1.54, 1.807) is 6.08 Å². The Morgan fingerprint density at radius 2 is 2.44 bits per heavy atom. The molecule has 1 atom stereocenters. The Hall–Kier alpha value is -0.300. The standard InChI is InChI=1S/C8H14O/c1-4-6-9-7-8(3)5-2/h3-4,8H,1,5-7H2,2H3. The molecule has 52 valence electrons. The van der Waals surface area contributed by atoms with Gasteiger partial charge in [-0.25, -0.2) is 0 Å². The third kappa shape index (κ3) is 5.57. The highest BCUT2D eigenvalue weighted by Crippen LogP contribution is 1.98. The third-order valence-electron chi connectivity index (χ3n) is 1.09. The van der Waals surface area contributed by atoms with Crippen molar-refractivity contribution in [2.45, 2.75) is 13.3 Å². The molecule has 1 heteroatoms. The van der Waals surface area contributed by atoms with Crippen LogP contribution in [0, 0.1) is 12.8 Å². The Morgan fingerprint density at radius 3 is 2.89 bits per heavy atom. The highest BCUT2D eigenvalue weighted by Gasteiger charge is 1.95. The van der Waals surface area contributed by atoms with E-state index < -0.39 is 0 Å². The van der Waals surface area contributed by atoms with Crippen molar-refractivity contribution in [3.8, 4) is 0 Å². The topological polar surface area (TPSA) is 9.23 Å². The van der Waals surface area contributed by atoms with Gasteiger partial charge in [-0.1, -0.05) is 19.4 Å². The van der Waals surface area contributed by atoms with Crippen molar-refractivity contribution in [1.82, 2.24) is 0 Å². The number of hydrogen-bond donors (Lipinski definition) is 0. The summed E-state index contributed by atoms with van der Waals surface area (Å²) in [4.78, 5) is 0. The molecule has 0 saturated heterocycles. The zero-order chi connectivity index (χ0) is 7.11. The quantitative estimate of drug-likeness (QED) is 0.404. The summed E-state index contributed by atoms with van der Waals surface area (Å²) in [5, 5.41) is 0. The minimum absolute atomic E-state index is 0.185. The van der Waals surface area contributed by atoms with E-state index in [2.05, 4.69) is 6.58 Å². The van der Waals surface area contributed by atoms with E-state index in [-0.39, 0.29) is 5.92 Å². The van der Waals surface area contributed by atoms with Crippen molar-refractivity contribution < 1.29 is 4.74 Å². The van der Waals surface area contributed by atoms with Gasteiger partial charge in [-0.05, 0) is 12.8 Å². The molecule has 0 N–H and O–H groups in total. The summed E-state index contributed by atoms with van der Waals surface area (Å²) in [6.45, 7) is 12.4. The summed E-state index contributed by atoms with van der Waals surface area (Å²) >= 11 is 0.